The number of carbonyl (C=O) groups excluding carboxylic acids is 2. The Bertz CT molecular complexity index is 977. The highest BCUT2D eigenvalue weighted by molar-refractivity contribution is 14.1. The van der Waals surface area contributed by atoms with Gasteiger partial charge in [0.1, 0.15) is 5.75 Å². The van der Waals surface area contributed by atoms with Crippen LogP contribution >= 0.6 is 50.3 Å². The Hall–Kier alpha value is -1.83. The minimum atomic E-state index is -0.396. The number of imide groups is 1. The third-order valence-corrected chi connectivity index (χ3v) is 6.01. The molecule has 2 aromatic rings. The summed E-state index contributed by atoms with van der Waals surface area (Å²) in [5, 5.41) is 18.6. The monoisotopic (exact) mass is 540 g/mol. The van der Waals surface area contributed by atoms with Crippen LogP contribution < -0.4 is 0 Å². The van der Waals surface area contributed by atoms with Crippen LogP contribution in [-0.2, 0) is 11.3 Å². The normalized spacial score (nSPS) is 15.6. The lowest BCUT2D eigenvalue weighted by atomic mass is 10.1. The molecule has 1 heterocycles. The summed E-state index contributed by atoms with van der Waals surface area (Å²) in [5.41, 5.74) is 1.76. The Morgan fingerprint density at radius 2 is 2.04 bits per heavy atom. The van der Waals surface area contributed by atoms with Crippen LogP contribution in [0.4, 0.5) is 4.79 Å². The van der Waals surface area contributed by atoms with E-state index in [4.69, 9.17) is 5.26 Å². The first kappa shape index (κ1) is 18.9. The number of nitrogens with zero attached hydrogens (tertiary/aromatic N) is 2. The first-order chi connectivity index (χ1) is 12.4. The molecule has 130 valence electrons. The average molecular weight is 541 g/mol. The van der Waals surface area contributed by atoms with Gasteiger partial charge in [-0.05, 0) is 85.7 Å². The highest BCUT2D eigenvalue weighted by Crippen LogP contribution is 2.36. The largest absolute Gasteiger partial charge is 0.506 e. The van der Waals surface area contributed by atoms with Crippen molar-refractivity contribution in [1.29, 1.82) is 5.26 Å². The van der Waals surface area contributed by atoms with Crippen LogP contribution in [-0.4, -0.2) is 21.2 Å². The van der Waals surface area contributed by atoms with Crippen LogP contribution in [0.15, 0.2) is 45.8 Å². The van der Waals surface area contributed by atoms with Crippen molar-refractivity contribution in [3.63, 3.8) is 0 Å². The van der Waals surface area contributed by atoms with Crippen molar-refractivity contribution >= 4 is 67.5 Å². The Balaban J connectivity index is 1.89. The molecule has 0 radical (unpaired) electrons. The molecule has 1 fully saturated rings. The van der Waals surface area contributed by atoms with Gasteiger partial charge in [-0.25, -0.2) is 0 Å². The molecule has 0 aliphatic carbocycles. The maximum absolute atomic E-state index is 12.6. The molecule has 5 nitrogen and oxygen atoms in total. The van der Waals surface area contributed by atoms with Gasteiger partial charge in [-0.2, -0.15) is 5.26 Å². The van der Waals surface area contributed by atoms with Crippen molar-refractivity contribution < 1.29 is 14.7 Å². The van der Waals surface area contributed by atoms with E-state index in [-0.39, 0.29) is 17.5 Å². The molecule has 0 aromatic heterocycles. The number of benzene rings is 2. The van der Waals surface area contributed by atoms with E-state index in [1.54, 1.807) is 42.5 Å². The fourth-order valence-corrected chi connectivity index (χ4v) is 4.73. The molecule has 0 bridgehead atoms. The van der Waals surface area contributed by atoms with Gasteiger partial charge in [-0.3, -0.25) is 14.5 Å². The number of aromatic hydroxyl groups is 1. The van der Waals surface area contributed by atoms with E-state index in [0.29, 0.717) is 29.6 Å². The number of rotatable bonds is 3. The van der Waals surface area contributed by atoms with E-state index >= 15 is 0 Å². The first-order valence-electron chi connectivity index (χ1n) is 7.32. The van der Waals surface area contributed by atoms with E-state index < -0.39 is 5.91 Å². The van der Waals surface area contributed by atoms with Gasteiger partial charge in [0.15, 0.2) is 0 Å². The molecule has 0 saturated carbocycles. The molecule has 3 rings (SSSR count). The fraction of sp³-hybridized carbons (Fsp3) is 0.0556. The van der Waals surface area contributed by atoms with E-state index in [9.17, 15) is 14.7 Å². The Kier molecular flexibility index (Phi) is 5.70. The third-order valence-electron chi connectivity index (χ3n) is 3.68. The summed E-state index contributed by atoms with van der Waals surface area (Å²) in [4.78, 5) is 26.3. The summed E-state index contributed by atoms with van der Waals surface area (Å²) in [5.74, 6) is -0.268. The highest BCUT2D eigenvalue weighted by atomic mass is 127. The predicted octanol–water partition coefficient (Wildman–Crippen LogP) is 4.87. The predicted molar refractivity (Wildman–Crippen MR) is 111 cm³/mol. The molecule has 2 aromatic carbocycles. The molecule has 1 N–H and O–H groups in total. The number of phenolic OH excluding ortho intramolecular Hbond substituents is 1. The summed E-state index contributed by atoms with van der Waals surface area (Å²) in [7, 11) is 0. The van der Waals surface area contributed by atoms with Crippen molar-refractivity contribution in [3.8, 4) is 11.8 Å². The number of nitriles is 1. The lowest BCUT2D eigenvalue weighted by Crippen LogP contribution is -2.27. The van der Waals surface area contributed by atoms with Crippen molar-refractivity contribution in [3.05, 3.63) is 66.0 Å². The summed E-state index contributed by atoms with van der Waals surface area (Å²) >= 11 is 6.11. The second-order valence-corrected chi connectivity index (χ2v) is 8.38. The van der Waals surface area contributed by atoms with Gasteiger partial charge < -0.3 is 5.11 Å². The number of carbonyl (C=O) groups is 2. The van der Waals surface area contributed by atoms with E-state index in [2.05, 4.69) is 22.0 Å². The van der Waals surface area contributed by atoms with Crippen LogP contribution in [0.25, 0.3) is 6.08 Å². The second-order valence-electron chi connectivity index (χ2n) is 5.37. The van der Waals surface area contributed by atoms with Gasteiger partial charge in [0, 0.05) is 0 Å². The van der Waals surface area contributed by atoms with Crippen molar-refractivity contribution in [2.75, 3.05) is 0 Å². The van der Waals surface area contributed by atoms with Crippen molar-refractivity contribution in [2.24, 2.45) is 0 Å². The van der Waals surface area contributed by atoms with Crippen LogP contribution in [0.5, 0.6) is 5.75 Å². The summed E-state index contributed by atoms with van der Waals surface area (Å²) in [6.45, 7) is 0.0581. The lowest BCUT2D eigenvalue weighted by Gasteiger charge is -2.13. The number of thioether (sulfide) groups is 1. The van der Waals surface area contributed by atoms with Crippen molar-refractivity contribution in [2.45, 2.75) is 6.54 Å². The number of hydrogen-bond acceptors (Lipinski definition) is 5. The molecule has 1 aliphatic rings. The van der Waals surface area contributed by atoms with Gasteiger partial charge in [-0.1, -0.05) is 18.2 Å². The molecule has 2 amide bonds. The minimum Gasteiger partial charge on any atom is -0.506 e. The number of halogens is 2. The summed E-state index contributed by atoms with van der Waals surface area (Å²) in [6, 6.07) is 12.3. The molecular formula is C18H10BrIN2O3S. The number of amides is 2. The van der Waals surface area contributed by atoms with Crippen molar-refractivity contribution in [1.82, 2.24) is 4.90 Å². The molecule has 1 saturated heterocycles. The molecule has 26 heavy (non-hydrogen) atoms. The summed E-state index contributed by atoms with van der Waals surface area (Å²) < 4.78 is 1.14. The summed E-state index contributed by atoms with van der Waals surface area (Å²) in [6.07, 6.45) is 1.62. The molecule has 1 aliphatic heterocycles. The van der Waals surface area contributed by atoms with Crippen LogP contribution in [0, 0.1) is 14.9 Å². The smallest absolute Gasteiger partial charge is 0.293 e. The lowest BCUT2D eigenvalue weighted by molar-refractivity contribution is -0.123. The zero-order valence-electron chi connectivity index (χ0n) is 13.1. The SMILES string of the molecule is N#Cc1ccccc1CN1C(=O)S/C(=C/c2cc(Br)c(O)c(I)c2)C1=O. The molecule has 0 unspecified atom stereocenters. The number of phenols is 1. The van der Waals surface area contributed by atoms with E-state index in [1.165, 1.54) is 0 Å². The first-order valence-corrected chi connectivity index (χ1v) is 10.0. The zero-order chi connectivity index (χ0) is 18.8. The fourth-order valence-electron chi connectivity index (χ4n) is 2.39. The number of hydrogen-bond donors (Lipinski definition) is 1. The average Bonchev–Trinajstić information content (AvgIpc) is 2.87. The zero-order valence-corrected chi connectivity index (χ0v) is 17.6. The standard InChI is InChI=1S/C18H10BrIN2O3S/c19-13-5-10(6-14(20)16(13)23)7-15-17(24)22(18(25)26-15)9-12-4-2-1-3-11(12)8-21/h1-7,23H,9H2/b15-7+. The Morgan fingerprint density at radius 1 is 1.31 bits per heavy atom. The molecular weight excluding hydrogens is 531 g/mol. The minimum absolute atomic E-state index is 0.0581. The third kappa shape index (κ3) is 3.79. The Labute approximate surface area is 176 Å². The van der Waals surface area contributed by atoms with Gasteiger partial charge in [0.2, 0.25) is 0 Å². The highest BCUT2D eigenvalue weighted by Gasteiger charge is 2.35. The molecule has 0 spiro atoms. The molecule has 8 heteroatoms. The van der Waals surface area contributed by atoms with Gasteiger partial charge in [0.25, 0.3) is 11.1 Å². The van der Waals surface area contributed by atoms with Crippen LogP contribution in [0.2, 0.25) is 0 Å². The van der Waals surface area contributed by atoms with Gasteiger partial charge >= 0.3 is 0 Å². The molecule has 0 atom stereocenters. The Morgan fingerprint density at radius 3 is 2.73 bits per heavy atom. The van der Waals surface area contributed by atoms with Gasteiger partial charge in [-0.15, -0.1) is 0 Å². The van der Waals surface area contributed by atoms with Gasteiger partial charge in [0.05, 0.1) is 31.1 Å². The second kappa shape index (κ2) is 7.82. The van der Waals surface area contributed by atoms with Crippen LogP contribution in [0.3, 0.4) is 0 Å². The van der Waals surface area contributed by atoms with E-state index in [0.717, 1.165) is 16.7 Å². The topological polar surface area (TPSA) is 81.4 Å². The maximum Gasteiger partial charge on any atom is 0.293 e. The van der Waals surface area contributed by atoms with E-state index in [1.807, 2.05) is 22.6 Å². The maximum atomic E-state index is 12.6. The van der Waals surface area contributed by atoms with Crippen LogP contribution in [0.1, 0.15) is 16.7 Å². The quantitative estimate of drug-likeness (QED) is 0.444.